The maximum Gasteiger partial charge on any atom is 0.319 e. The van der Waals surface area contributed by atoms with Gasteiger partial charge in [0.25, 0.3) is 0 Å². The number of halogens is 1. The van der Waals surface area contributed by atoms with E-state index in [9.17, 15) is 0 Å². The third-order valence-corrected chi connectivity index (χ3v) is 3.22. The van der Waals surface area contributed by atoms with Crippen LogP contribution in [-0.4, -0.2) is 37.8 Å². The second-order valence-electron chi connectivity index (χ2n) is 4.43. The number of ether oxygens (including phenoxy) is 3. The minimum Gasteiger partial charge on any atom is -0.493 e. The molecule has 7 heteroatoms. The highest BCUT2D eigenvalue weighted by Gasteiger charge is 2.06. The second kappa shape index (κ2) is 7.70. The van der Waals surface area contributed by atoms with Gasteiger partial charge in [0.05, 0.1) is 21.3 Å². The Balaban J connectivity index is 1.97. The number of nitrogens with zero attached hydrogens (tertiary/aromatic N) is 2. The lowest BCUT2D eigenvalue weighted by atomic mass is 10.1. The summed E-state index contributed by atoms with van der Waals surface area (Å²) in [7, 11) is 4.74. The number of methoxy groups -OCH3 is 3. The Hall–Kier alpha value is -2.21. The van der Waals surface area contributed by atoms with Crippen molar-refractivity contribution < 1.29 is 14.2 Å². The molecule has 0 saturated carbocycles. The number of anilines is 1. The molecular weight excluding hydrogens is 306 g/mol. The highest BCUT2D eigenvalue weighted by Crippen LogP contribution is 2.27. The molecule has 6 nitrogen and oxygen atoms in total. The zero-order valence-corrected chi connectivity index (χ0v) is 13.5. The van der Waals surface area contributed by atoms with E-state index in [1.54, 1.807) is 20.3 Å². The van der Waals surface area contributed by atoms with Crippen LogP contribution in [0.2, 0.25) is 5.15 Å². The number of hydrogen-bond acceptors (Lipinski definition) is 6. The van der Waals surface area contributed by atoms with Gasteiger partial charge in [-0.15, -0.1) is 0 Å². The quantitative estimate of drug-likeness (QED) is 0.790. The van der Waals surface area contributed by atoms with Crippen molar-refractivity contribution >= 4 is 17.4 Å². The highest BCUT2D eigenvalue weighted by atomic mass is 35.5. The molecule has 0 radical (unpaired) electrons. The largest absolute Gasteiger partial charge is 0.493 e. The van der Waals surface area contributed by atoms with E-state index in [-0.39, 0.29) is 6.01 Å². The SMILES string of the molecule is COc1nc(Cl)cc(NCCc2ccc(OC)c(OC)c2)n1. The molecule has 1 aromatic carbocycles. The third kappa shape index (κ3) is 4.14. The Morgan fingerprint density at radius 3 is 2.45 bits per heavy atom. The third-order valence-electron chi connectivity index (χ3n) is 3.02. The van der Waals surface area contributed by atoms with E-state index in [0.29, 0.717) is 29.0 Å². The van der Waals surface area contributed by atoms with Crippen molar-refractivity contribution in [1.29, 1.82) is 0 Å². The maximum atomic E-state index is 5.90. The van der Waals surface area contributed by atoms with Gasteiger partial charge < -0.3 is 19.5 Å². The Morgan fingerprint density at radius 1 is 1.00 bits per heavy atom. The minimum atomic E-state index is 0.237. The van der Waals surface area contributed by atoms with Crippen molar-refractivity contribution in [3.63, 3.8) is 0 Å². The van der Waals surface area contributed by atoms with Crippen molar-refractivity contribution in [1.82, 2.24) is 9.97 Å². The molecule has 0 aliphatic heterocycles. The molecule has 0 saturated heterocycles. The molecule has 1 N–H and O–H groups in total. The molecule has 1 aromatic heterocycles. The predicted molar refractivity (Wildman–Crippen MR) is 85.3 cm³/mol. The van der Waals surface area contributed by atoms with Gasteiger partial charge in [-0.2, -0.15) is 9.97 Å². The zero-order valence-electron chi connectivity index (χ0n) is 12.7. The van der Waals surface area contributed by atoms with Crippen LogP contribution in [0, 0.1) is 0 Å². The van der Waals surface area contributed by atoms with Crippen LogP contribution in [0.3, 0.4) is 0 Å². The average Bonchev–Trinajstić information content (AvgIpc) is 2.54. The second-order valence-corrected chi connectivity index (χ2v) is 4.82. The lowest BCUT2D eigenvalue weighted by molar-refractivity contribution is 0.354. The van der Waals surface area contributed by atoms with Crippen LogP contribution in [0.5, 0.6) is 17.5 Å². The van der Waals surface area contributed by atoms with Gasteiger partial charge in [0.1, 0.15) is 11.0 Å². The molecule has 2 aromatic rings. The van der Waals surface area contributed by atoms with E-state index in [1.807, 2.05) is 18.2 Å². The first kappa shape index (κ1) is 16.2. The van der Waals surface area contributed by atoms with Crippen molar-refractivity contribution in [2.45, 2.75) is 6.42 Å². The fourth-order valence-electron chi connectivity index (χ4n) is 1.95. The Morgan fingerprint density at radius 2 is 1.77 bits per heavy atom. The highest BCUT2D eigenvalue weighted by molar-refractivity contribution is 6.29. The van der Waals surface area contributed by atoms with Gasteiger partial charge in [-0.1, -0.05) is 17.7 Å². The topological polar surface area (TPSA) is 65.5 Å². The van der Waals surface area contributed by atoms with Crippen LogP contribution in [0.1, 0.15) is 5.56 Å². The molecule has 0 amide bonds. The van der Waals surface area contributed by atoms with Crippen LogP contribution < -0.4 is 19.5 Å². The zero-order chi connectivity index (χ0) is 15.9. The van der Waals surface area contributed by atoms with Gasteiger partial charge in [-0.05, 0) is 24.1 Å². The van der Waals surface area contributed by atoms with Crippen molar-refractivity contribution in [3.8, 4) is 17.5 Å². The van der Waals surface area contributed by atoms with Crippen LogP contribution in [0.4, 0.5) is 5.82 Å². The summed E-state index contributed by atoms with van der Waals surface area (Å²) in [4.78, 5) is 8.09. The van der Waals surface area contributed by atoms with Gasteiger partial charge in [-0.25, -0.2) is 0 Å². The number of benzene rings is 1. The molecule has 0 fully saturated rings. The number of rotatable bonds is 7. The van der Waals surface area contributed by atoms with Crippen molar-refractivity contribution in [2.24, 2.45) is 0 Å². The summed E-state index contributed by atoms with van der Waals surface area (Å²) in [5.41, 5.74) is 1.12. The smallest absolute Gasteiger partial charge is 0.319 e. The Labute approximate surface area is 134 Å². The number of aromatic nitrogens is 2. The number of nitrogens with one attached hydrogen (secondary N) is 1. The first-order valence-electron chi connectivity index (χ1n) is 6.69. The first-order chi connectivity index (χ1) is 10.7. The molecule has 0 spiro atoms. The summed E-state index contributed by atoms with van der Waals surface area (Å²) in [6.07, 6.45) is 0.796. The molecule has 0 bridgehead atoms. The van der Waals surface area contributed by atoms with E-state index in [4.69, 9.17) is 25.8 Å². The molecule has 0 aliphatic rings. The standard InChI is InChI=1S/C15H18ClN3O3/c1-20-11-5-4-10(8-12(11)21-2)6-7-17-14-9-13(16)18-15(19-14)22-3/h4-5,8-9H,6-7H2,1-3H3,(H,17,18,19). The van der Waals surface area contributed by atoms with Gasteiger partial charge in [0, 0.05) is 12.6 Å². The van der Waals surface area contributed by atoms with Crippen LogP contribution in [-0.2, 0) is 6.42 Å². The lowest BCUT2D eigenvalue weighted by Gasteiger charge is -2.10. The van der Waals surface area contributed by atoms with Crippen molar-refractivity contribution in [3.05, 3.63) is 35.0 Å². The summed E-state index contributed by atoms with van der Waals surface area (Å²) >= 11 is 5.90. The fourth-order valence-corrected chi connectivity index (χ4v) is 2.13. The van der Waals surface area contributed by atoms with E-state index >= 15 is 0 Å². The molecule has 22 heavy (non-hydrogen) atoms. The van der Waals surface area contributed by atoms with Gasteiger partial charge in [-0.3, -0.25) is 0 Å². The van der Waals surface area contributed by atoms with Crippen LogP contribution in [0.15, 0.2) is 24.3 Å². The normalized spacial score (nSPS) is 10.2. The van der Waals surface area contributed by atoms with E-state index < -0.39 is 0 Å². The van der Waals surface area contributed by atoms with E-state index in [2.05, 4.69) is 15.3 Å². The summed E-state index contributed by atoms with van der Waals surface area (Å²) in [5.74, 6) is 2.05. The first-order valence-corrected chi connectivity index (χ1v) is 7.07. The van der Waals surface area contributed by atoms with Gasteiger partial charge in [0.15, 0.2) is 11.5 Å². The van der Waals surface area contributed by atoms with Gasteiger partial charge >= 0.3 is 6.01 Å². The molecule has 1 heterocycles. The summed E-state index contributed by atoms with van der Waals surface area (Å²) in [6.45, 7) is 0.686. The Bertz CT molecular complexity index is 637. The molecule has 0 aliphatic carbocycles. The van der Waals surface area contributed by atoms with Gasteiger partial charge in [0.2, 0.25) is 0 Å². The average molecular weight is 324 g/mol. The van der Waals surface area contributed by atoms with E-state index in [0.717, 1.165) is 12.0 Å². The predicted octanol–water partition coefficient (Wildman–Crippen LogP) is 2.81. The van der Waals surface area contributed by atoms with Crippen molar-refractivity contribution in [2.75, 3.05) is 33.2 Å². The Kier molecular flexibility index (Phi) is 5.66. The van der Waals surface area contributed by atoms with E-state index in [1.165, 1.54) is 7.11 Å². The summed E-state index contributed by atoms with van der Waals surface area (Å²) in [6, 6.07) is 7.73. The molecular formula is C15H18ClN3O3. The molecule has 118 valence electrons. The molecule has 0 atom stereocenters. The summed E-state index contributed by atoms with van der Waals surface area (Å²) in [5, 5.41) is 3.52. The van der Waals surface area contributed by atoms with Crippen LogP contribution >= 0.6 is 11.6 Å². The summed E-state index contributed by atoms with van der Waals surface area (Å²) < 4.78 is 15.5. The monoisotopic (exact) mass is 323 g/mol. The molecule has 0 unspecified atom stereocenters. The fraction of sp³-hybridized carbons (Fsp3) is 0.333. The lowest BCUT2D eigenvalue weighted by Crippen LogP contribution is -2.07. The van der Waals surface area contributed by atoms with Crippen LogP contribution in [0.25, 0.3) is 0 Å². The number of hydrogen-bond donors (Lipinski definition) is 1. The maximum absolute atomic E-state index is 5.90. The minimum absolute atomic E-state index is 0.237. The molecule has 2 rings (SSSR count).